The molecular formula is C13H16BrCl2N5O. The predicted octanol–water partition coefficient (Wildman–Crippen LogP) is 2.97. The SMILES string of the molecule is Cc1nn(CC(=O)NCCCn2nc(C)c(Cl)c2Cl)cc1Br. The molecule has 1 amide bonds. The highest BCUT2D eigenvalue weighted by Gasteiger charge is 2.11. The fourth-order valence-corrected chi connectivity index (χ4v) is 2.62. The minimum atomic E-state index is -0.0872. The van der Waals surface area contributed by atoms with Crippen LogP contribution in [-0.2, 0) is 17.9 Å². The van der Waals surface area contributed by atoms with Gasteiger partial charge in [-0.15, -0.1) is 0 Å². The maximum Gasteiger partial charge on any atom is 0.241 e. The molecule has 0 bridgehead atoms. The van der Waals surface area contributed by atoms with Crippen molar-refractivity contribution in [1.82, 2.24) is 24.9 Å². The van der Waals surface area contributed by atoms with Crippen LogP contribution in [0.3, 0.4) is 0 Å². The zero-order chi connectivity index (χ0) is 16.3. The van der Waals surface area contributed by atoms with Crippen molar-refractivity contribution in [2.75, 3.05) is 6.54 Å². The normalized spacial score (nSPS) is 11.0. The monoisotopic (exact) mass is 407 g/mol. The summed E-state index contributed by atoms with van der Waals surface area (Å²) >= 11 is 15.4. The summed E-state index contributed by atoms with van der Waals surface area (Å²) in [5, 5.41) is 12.2. The second-order valence-electron chi connectivity index (χ2n) is 4.88. The molecule has 22 heavy (non-hydrogen) atoms. The number of rotatable bonds is 6. The molecule has 0 aliphatic carbocycles. The molecule has 2 rings (SSSR count). The van der Waals surface area contributed by atoms with Gasteiger partial charge in [-0.2, -0.15) is 10.2 Å². The molecule has 2 heterocycles. The van der Waals surface area contributed by atoms with Crippen LogP contribution in [0.1, 0.15) is 17.8 Å². The fourth-order valence-electron chi connectivity index (χ4n) is 1.91. The molecule has 2 aromatic rings. The zero-order valence-electron chi connectivity index (χ0n) is 12.2. The van der Waals surface area contributed by atoms with E-state index in [9.17, 15) is 4.79 Å². The quantitative estimate of drug-likeness (QED) is 0.747. The van der Waals surface area contributed by atoms with Crippen molar-refractivity contribution < 1.29 is 4.79 Å². The molecule has 1 N–H and O–H groups in total. The fraction of sp³-hybridized carbons (Fsp3) is 0.462. The number of hydrogen-bond acceptors (Lipinski definition) is 3. The largest absolute Gasteiger partial charge is 0.354 e. The topological polar surface area (TPSA) is 64.7 Å². The maximum absolute atomic E-state index is 11.8. The molecule has 0 atom stereocenters. The van der Waals surface area contributed by atoms with Gasteiger partial charge in [0.15, 0.2) is 0 Å². The number of nitrogens with one attached hydrogen (secondary N) is 1. The predicted molar refractivity (Wildman–Crippen MR) is 89.3 cm³/mol. The van der Waals surface area contributed by atoms with Gasteiger partial charge in [-0.25, -0.2) is 0 Å². The Balaban J connectivity index is 1.74. The van der Waals surface area contributed by atoms with Crippen molar-refractivity contribution in [3.63, 3.8) is 0 Å². The molecule has 0 aromatic carbocycles. The molecule has 0 aliphatic rings. The second-order valence-corrected chi connectivity index (χ2v) is 6.47. The van der Waals surface area contributed by atoms with Gasteiger partial charge in [-0.3, -0.25) is 14.2 Å². The molecule has 0 radical (unpaired) electrons. The van der Waals surface area contributed by atoms with Crippen LogP contribution >= 0.6 is 39.1 Å². The third-order valence-corrected chi connectivity index (χ3v) is 4.77. The summed E-state index contributed by atoms with van der Waals surface area (Å²) in [5.41, 5.74) is 1.56. The number of aromatic nitrogens is 4. The minimum absolute atomic E-state index is 0.0872. The Morgan fingerprint density at radius 1 is 1.32 bits per heavy atom. The zero-order valence-corrected chi connectivity index (χ0v) is 15.3. The van der Waals surface area contributed by atoms with E-state index in [-0.39, 0.29) is 12.5 Å². The van der Waals surface area contributed by atoms with Crippen molar-refractivity contribution >= 4 is 45.0 Å². The highest BCUT2D eigenvalue weighted by atomic mass is 79.9. The Kier molecular flexibility index (Phi) is 5.88. The molecule has 0 fully saturated rings. The van der Waals surface area contributed by atoms with E-state index >= 15 is 0 Å². The number of carbonyl (C=O) groups excluding carboxylic acids is 1. The van der Waals surface area contributed by atoms with Crippen LogP contribution in [0.5, 0.6) is 0 Å². The third-order valence-electron chi connectivity index (χ3n) is 3.06. The van der Waals surface area contributed by atoms with Gasteiger partial charge in [0, 0.05) is 19.3 Å². The van der Waals surface area contributed by atoms with Crippen molar-refractivity contribution in [3.05, 3.63) is 32.2 Å². The van der Waals surface area contributed by atoms with E-state index in [4.69, 9.17) is 23.2 Å². The summed E-state index contributed by atoms with van der Waals surface area (Å²) in [4.78, 5) is 11.8. The van der Waals surface area contributed by atoms with E-state index in [2.05, 4.69) is 31.4 Å². The Labute approximate surface area is 146 Å². The highest BCUT2D eigenvalue weighted by Crippen LogP contribution is 2.24. The van der Waals surface area contributed by atoms with Crippen molar-refractivity contribution in [2.24, 2.45) is 0 Å². The number of nitrogens with zero attached hydrogens (tertiary/aromatic N) is 4. The molecular weight excluding hydrogens is 393 g/mol. The van der Waals surface area contributed by atoms with Crippen molar-refractivity contribution in [2.45, 2.75) is 33.4 Å². The minimum Gasteiger partial charge on any atom is -0.354 e. The molecule has 6 nitrogen and oxygen atoms in total. The molecule has 0 unspecified atom stereocenters. The average molecular weight is 409 g/mol. The van der Waals surface area contributed by atoms with E-state index in [0.29, 0.717) is 35.4 Å². The lowest BCUT2D eigenvalue weighted by Gasteiger charge is -2.06. The van der Waals surface area contributed by atoms with Gasteiger partial charge >= 0.3 is 0 Å². The number of hydrogen-bond donors (Lipinski definition) is 1. The van der Waals surface area contributed by atoms with Crippen LogP contribution in [0.15, 0.2) is 10.7 Å². The molecule has 0 saturated heterocycles. The van der Waals surface area contributed by atoms with E-state index in [0.717, 1.165) is 10.2 Å². The number of aryl methyl sites for hydroxylation is 3. The third kappa shape index (κ3) is 4.24. The van der Waals surface area contributed by atoms with Crippen LogP contribution in [0.2, 0.25) is 10.2 Å². The second kappa shape index (κ2) is 7.48. The van der Waals surface area contributed by atoms with Crippen molar-refractivity contribution in [3.8, 4) is 0 Å². The first kappa shape index (κ1) is 17.3. The van der Waals surface area contributed by atoms with Crippen LogP contribution in [0.4, 0.5) is 0 Å². The van der Waals surface area contributed by atoms with E-state index in [1.807, 2.05) is 6.92 Å². The first-order valence-electron chi connectivity index (χ1n) is 6.73. The Hall–Kier alpha value is -1.05. The summed E-state index contributed by atoms with van der Waals surface area (Å²) in [5.74, 6) is -0.0872. The molecule has 0 saturated carbocycles. The Morgan fingerprint density at radius 3 is 2.59 bits per heavy atom. The average Bonchev–Trinajstić information content (AvgIpc) is 2.89. The summed E-state index contributed by atoms with van der Waals surface area (Å²) in [6, 6.07) is 0. The van der Waals surface area contributed by atoms with Crippen LogP contribution in [0.25, 0.3) is 0 Å². The van der Waals surface area contributed by atoms with Crippen LogP contribution in [-0.4, -0.2) is 32.0 Å². The lowest BCUT2D eigenvalue weighted by atomic mass is 10.4. The van der Waals surface area contributed by atoms with Gasteiger partial charge in [-0.1, -0.05) is 23.2 Å². The first-order chi connectivity index (χ1) is 10.4. The molecule has 2 aromatic heterocycles. The van der Waals surface area contributed by atoms with Gasteiger partial charge in [0.2, 0.25) is 5.91 Å². The Morgan fingerprint density at radius 2 is 2.05 bits per heavy atom. The molecule has 120 valence electrons. The van der Waals surface area contributed by atoms with Crippen molar-refractivity contribution in [1.29, 1.82) is 0 Å². The summed E-state index contributed by atoms with van der Waals surface area (Å²) in [6.45, 7) is 5.00. The van der Waals surface area contributed by atoms with E-state index in [1.54, 1.807) is 22.5 Å². The van der Waals surface area contributed by atoms with Gasteiger partial charge in [0.25, 0.3) is 0 Å². The first-order valence-corrected chi connectivity index (χ1v) is 8.28. The van der Waals surface area contributed by atoms with Crippen LogP contribution in [0, 0.1) is 13.8 Å². The van der Waals surface area contributed by atoms with Gasteiger partial charge < -0.3 is 5.32 Å². The van der Waals surface area contributed by atoms with Gasteiger partial charge in [-0.05, 0) is 36.2 Å². The van der Waals surface area contributed by atoms with E-state index in [1.165, 1.54) is 0 Å². The summed E-state index contributed by atoms with van der Waals surface area (Å²) in [7, 11) is 0. The Bertz CT molecular complexity index is 663. The summed E-state index contributed by atoms with van der Waals surface area (Å²) < 4.78 is 4.13. The standard InChI is InChI=1S/C13H16BrCl2N5O/c1-8-10(14)6-20(18-8)7-11(22)17-4-3-5-21-13(16)12(15)9(2)19-21/h6H,3-5,7H2,1-2H3,(H,17,22). The van der Waals surface area contributed by atoms with Gasteiger partial charge in [0.1, 0.15) is 16.7 Å². The number of amides is 1. The lowest BCUT2D eigenvalue weighted by Crippen LogP contribution is -2.29. The highest BCUT2D eigenvalue weighted by molar-refractivity contribution is 9.10. The number of carbonyl (C=O) groups is 1. The molecule has 0 aliphatic heterocycles. The smallest absolute Gasteiger partial charge is 0.241 e. The van der Waals surface area contributed by atoms with E-state index < -0.39 is 0 Å². The van der Waals surface area contributed by atoms with Crippen LogP contribution < -0.4 is 5.32 Å². The molecule has 0 spiro atoms. The summed E-state index contributed by atoms with van der Waals surface area (Å²) in [6.07, 6.45) is 2.49. The van der Waals surface area contributed by atoms with Gasteiger partial charge in [0.05, 0.1) is 15.9 Å². The number of halogens is 3. The molecule has 9 heteroatoms. The maximum atomic E-state index is 11.8. The lowest BCUT2D eigenvalue weighted by molar-refractivity contribution is -0.121.